The number of nitrogens with one attached hydrogen (secondary N) is 1. The van der Waals surface area contributed by atoms with Gasteiger partial charge in [0, 0.05) is 37.1 Å². The first-order chi connectivity index (χ1) is 12.7. The van der Waals surface area contributed by atoms with Crippen LogP contribution in [0.4, 0.5) is 0 Å². The fraction of sp³-hybridized carbons (Fsp3) is 0.381. The van der Waals surface area contributed by atoms with Gasteiger partial charge in [0.05, 0.1) is 5.92 Å². The van der Waals surface area contributed by atoms with E-state index in [1.807, 2.05) is 42.2 Å². The maximum atomic E-state index is 13.1. The molecule has 1 heterocycles. The molecular formula is C21H25N3O2. The molecule has 1 aromatic carbocycles. The van der Waals surface area contributed by atoms with Gasteiger partial charge >= 0.3 is 0 Å². The molecule has 26 heavy (non-hydrogen) atoms. The van der Waals surface area contributed by atoms with E-state index in [1.165, 1.54) is 0 Å². The molecule has 0 radical (unpaired) electrons. The fourth-order valence-electron chi connectivity index (χ4n) is 3.57. The van der Waals surface area contributed by atoms with Gasteiger partial charge in [-0.05, 0) is 37.5 Å². The first kappa shape index (κ1) is 18.1. The molecule has 1 aliphatic rings. The lowest BCUT2D eigenvalue weighted by Crippen LogP contribution is -2.45. The van der Waals surface area contributed by atoms with Crippen LogP contribution in [0.25, 0.3) is 0 Å². The molecule has 3 rings (SSSR count). The highest BCUT2D eigenvalue weighted by Crippen LogP contribution is 2.28. The van der Waals surface area contributed by atoms with Crippen molar-refractivity contribution in [2.24, 2.45) is 5.92 Å². The molecule has 0 aliphatic heterocycles. The highest BCUT2D eigenvalue weighted by atomic mass is 16.2. The van der Waals surface area contributed by atoms with Crippen LogP contribution in [0.3, 0.4) is 0 Å². The number of benzene rings is 1. The Morgan fingerprint density at radius 1 is 1.12 bits per heavy atom. The van der Waals surface area contributed by atoms with Crippen LogP contribution in [0.5, 0.6) is 0 Å². The van der Waals surface area contributed by atoms with Crippen LogP contribution in [-0.4, -0.2) is 34.3 Å². The molecule has 0 unspecified atom stereocenters. The van der Waals surface area contributed by atoms with Crippen molar-refractivity contribution < 1.29 is 9.59 Å². The van der Waals surface area contributed by atoms with Crippen LogP contribution < -0.4 is 5.32 Å². The third-order valence-corrected chi connectivity index (χ3v) is 5.00. The summed E-state index contributed by atoms with van der Waals surface area (Å²) in [5.41, 5.74) is 1.70. The Kier molecular flexibility index (Phi) is 6.00. The van der Waals surface area contributed by atoms with E-state index in [9.17, 15) is 9.59 Å². The van der Waals surface area contributed by atoms with Gasteiger partial charge in [-0.2, -0.15) is 0 Å². The highest BCUT2D eigenvalue weighted by molar-refractivity contribution is 5.94. The van der Waals surface area contributed by atoms with Gasteiger partial charge in [0.2, 0.25) is 5.91 Å². The van der Waals surface area contributed by atoms with Crippen LogP contribution in [0.15, 0.2) is 54.9 Å². The van der Waals surface area contributed by atoms with Crippen molar-refractivity contribution in [3.63, 3.8) is 0 Å². The van der Waals surface area contributed by atoms with Crippen LogP contribution >= 0.6 is 0 Å². The van der Waals surface area contributed by atoms with Crippen molar-refractivity contribution in [1.82, 2.24) is 15.2 Å². The van der Waals surface area contributed by atoms with E-state index < -0.39 is 0 Å². The molecule has 136 valence electrons. The highest BCUT2D eigenvalue weighted by Gasteiger charge is 2.36. The van der Waals surface area contributed by atoms with Gasteiger partial charge < -0.3 is 10.2 Å². The first-order valence-electron chi connectivity index (χ1n) is 9.22. The number of rotatable bonds is 6. The summed E-state index contributed by atoms with van der Waals surface area (Å²) in [5, 5.41) is 3.05. The molecule has 2 aromatic rings. The Balaban J connectivity index is 1.66. The van der Waals surface area contributed by atoms with Crippen LogP contribution in [0, 0.1) is 5.92 Å². The molecule has 2 amide bonds. The van der Waals surface area contributed by atoms with Gasteiger partial charge in [-0.1, -0.05) is 36.8 Å². The zero-order valence-electron chi connectivity index (χ0n) is 15.1. The van der Waals surface area contributed by atoms with Gasteiger partial charge in [0.1, 0.15) is 0 Å². The van der Waals surface area contributed by atoms with Crippen molar-refractivity contribution in [1.29, 1.82) is 0 Å². The van der Waals surface area contributed by atoms with E-state index >= 15 is 0 Å². The lowest BCUT2D eigenvalue weighted by molar-refractivity contribution is -0.136. The second-order valence-electron chi connectivity index (χ2n) is 6.69. The average molecular weight is 351 g/mol. The van der Waals surface area contributed by atoms with E-state index in [-0.39, 0.29) is 23.8 Å². The van der Waals surface area contributed by atoms with Crippen molar-refractivity contribution in [2.45, 2.75) is 38.8 Å². The largest absolute Gasteiger partial charge is 0.349 e. The normalized spacial score (nSPS) is 19.1. The molecule has 1 aromatic heterocycles. The van der Waals surface area contributed by atoms with Gasteiger partial charge in [0.15, 0.2) is 0 Å². The monoisotopic (exact) mass is 351 g/mol. The smallest absolute Gasteiger partial charge is 0.251 e. The second kappa shape index (κ2) is 8.61. The Hall–Kier alpha value is -2.69. The Labute approximate surface area is 154 Å². The lowest BCUT2D eigenvalue weighted by Gasteiger charge is -2.28. The number of carbonyl (C=O) groups excluding carboxylic acids is 2. The Bertz CT molecular complexity index is 733. The summed E-state index contributed by atoms with van der Waals surface area (Å²) in [6.45, 7) is 3.27. The first-order valence-corrected chi connectivity index (χ1v) is 9.22. The maximum absolute atomic E-state index is 13.1. The number of hydrogen-bond donors (Lipinski definition) is 1. The van der Waals surface area contributed by atoms with Gasteiger partial charge in [0.25, 0.3) is 5.91 Å². The molecule has 1 fully saturated rings. The predicted octanol–water partition coefficient (Wildman–Crippen LogP) is 3.03. The number of nitrogens with zero attached hydrogens (tertiary/aromatic N) is 2. The van der Waals surface area contributed by atoms with E-state index in [0.717, 1.165) is 24.8 Å². The molecule has 5 heteroatoms. The number of carbonyl (C=O) groups is 2. The molecular weight excluding hydrogens is 326 g/mol. The molecule has 1 aliphatic carbocycles. The summed E-state index contributed by atoms with van der Waals surface area (Å²) in [6, 6.07) is 13.3. The fourth-order valence-corrected chi connectivity index (χ4v) is 3.57. The topological polar surface area (TPSA) is 62.3 Å². The zero-order chi connectivity index (χ0) is 18.4. The molecule has 0 spiro atoms. The number of aromatic nitrogens is 1. The maximum Gasteiger partial charge on any atom is 0.251 e. The summed E-state index contributed by atoms with van der Waals surface area (Å²) in [7, 11) is 0. The standard InChI is InChI=1S/C21H25N3O2/c1-2-24(15-16-7-4-3-5-8-16)21(26)18-9-6-10-19(18)23-20(25)17-11-13-22-14-12-17/h3-5,7-8,11-14,18-19H,2,6,9-10,15H2,1H3,(H,23,25)/t18-,19+/m0/s1. The van der Waals surface area contributed by atoms with Crippen molar-refractivity contribution in [2.75, 3.05) is 6.54 Å². The number of hydrogen-bond acceptors (Lipinski definition) is 3. The minimum atomic E-state index is -0.149. The summed E-state index contributed by atoms with van der Waals surface area (Å²) < 4.78 is 0. The van der Waals surface area contributed by atoms with Crippen LogP contribution in [0.2, 0.25) is 0 Å². The Morgan fingerprint density at radius 2 is 1.85 bits per heavy atom. The van der Waals surface area contributed by atoms with E-state index in [1.54, 1.807) is 24.5 Å². The van der Waals surface area contributed by atoms with E-state index in [2.05, 4.69) is 10.3 Å². The second-order valence-corrected chi connectivity index (χ2v) is 6.69. The van der Waals surface area contributed by atoms with Gasteiger partial charge in [-0.3, -0.25) is 14.6 Å². The summed E-state index contributed by atoms with van der Waals surface area (Å²) in [4.78, 5) is 31.3. The summed E-state index contributed by atoms with van der Waals surface area (Å²) >= 11 is 0. The number of pyridine rings is 1. The van der Waals surface area contributed by atoms with E-state index in [4.69, 9.17) is 0 Å². The number of amides is 2. The van der Waals surface area contributed by atoms with Crippen LogP contribution in [-0.2, 0) is 11.3 Å². The van der Waals surface area contributed by atoms with Gasteiger partial charge in [-0.15, -0.1) is 0 Å². The van der Waals surface area contributed by atoms with Crippen molar-refractivity contribution >= 4 is 11.8 Å². The van der Waals surface area contributed by atoms with E-state index in [0.29, 0.717) is 18.7 Å². The molecule has 5 nitrogen and oxygen atoms in total. The zero-order valence-corrected chi connectivity index (χ0v) is 15.1. The summed E-state index contributed by atoms with van der Waals surface area (Å²) in [5.74, 6) is -0.151. The third-order valence-electron chi connectivity index (χ3n) is 5.00. The minimum Gasteiger partial charge on any atom is -0.349 e. The SMILES string of the molecule is CCN(Cc1ccccc1)C(=O)[C@H]1CCC[C@H]1NC(=O)c1ccncc1. The predicted molar refractivity (Wildman–Crippen MR) is 100 cm³/mol. The molecule has 1 N–H and O–H groups in total. The Morgan fingerprint density at radius 3 is 2.54 bits per heavy atom. The molecule has 2 atom stereocenters. The minimum absolute atomic E-state index is 0.104. The van der Waals surface area contributed by atoms with Gasteiger partial charge in [-0.25, -0.2) is 0 Å². The lowest BCUT2D eigenvalue weighted by atomic mass is 10.0. The third kappa shape index (κ3) is 4.28. The average Bonchev–Trinajstić information content (AvgIpc) is 3.15. The molecule has 0 saturated heterocycles. The molecule has 0 bridgehead atoms. The van der Waals surface area contributed by atoms with Crippen LogP contribution in [0.1, 0.15) is 42.1 Å². The van der Waals surface area contributed by atoms with Crippen molar-refractivity contribution in [3.8, 4) is 0 Å². The molecule has 1 saturated carbocycles. The summed E-state index contributed by atoms with van der Waals surface area (Å²) in [6.07, 6.45) is 5.83. The quantitative estimate of drug-likeness (QED) is 0.870. The van der Waals surface area contributed by atoms with Crippen molar-refractivity contribution in [3.05, 3.63) is 66.0 Å².